The van der Waals surface area contributed by atoms with Crippen LogP contribution in [-0.2, 0) is 14.3 Å². The average Bonchev–Trinajstić information content (AvgIpc) is 2.22. The number of nitrogens with one attached hydrogen (secondary N) is 1. The summed E-state index contributed by atoms with van der Waals surface area (Å²) in [4.78, 5) is 23.9. The van der Waals surface area contributed by atoms with Gasteiger partial charge in [-0.15, -0.1) is 0 Å². The molecule has 0 aromatic carbocycles. The second-order valence-electron chi connectivity index (χ2n) is 3.24. The van der Waals surface area contributed by atoms with E-state index >= 15 is 0 Å². The lowest BCUT2D eigenvalue weighted by molar-refractivity contribution is -0.138. The molecule has 0 spiro atoms. The zero-order chi connectivity index (χ0) is 11.7. The van der Waals surface area contributed by atoms with E-state index < -0.39 is 0 Å². The number of hydrogen-bond acceptors (Lipinski definition) is 3. The molecule has 5 heteroatoms. The van der Waals surface area contributed by atoms with E-state index in [1.54, 1.807) is 7.05 Å². The van der Waals surface area contributed by atoms with Gasteiger partial charge in [0.1, 0.15) is 6.61 Å². The predicted molar refractivity (Wildman–Crippen MR) is 57.4 cm³/mol. The summed E-state index contributed by atoms with van der Waals surface area (Å²) in [6, 6.07) is 0. The van der Waals surface area contributed by atoms with Gasteiger partial charge in [-0.25, -0.2) is 0 Å². The molecule has 0 atom stereocenters. The molecule has 0 saturated heterocycles. The summed E-state index contributed by atoms with van der Waals surface area (Å²) in [7, 11) is 1.59. The predicted octanol–water partition coefficient (Wildman–Crippen LogP) is 0.00750. The van der Waals surface area contributed by atoms with Gasteiger partial charge in [0, 0.05) is 20.2 Å². The van der Waals surface area contributed by atoms with E-state index in [-0.39, 0.29) is 25.0 Å². The van der Waals surface area contributed by atoms with Crippen LogP contribution in [0.15, 0.2) is 0 Å². The molecule has 0 saturated carbocycles. The summed E-state index contributed by atoms with van der Waals surface area (Å²) in [6.07, 6.45) is 0.891. The SMILES string of the molecule is CCCNC(=O)CN(C)C(=O)COCC. The molecular formula is C10H20N2O3. The van der Waals surface area contributed by atoms with Gasteiger partial charge >= 0.3 is 0 Å². The third-order valence-electron chi connectivity index (χ3n) is 1.81. The summed E-state index contributed by atoms with van der Waals surface area (Å²) in [5.41, 5.74) is 0. The van der Waals surface area contributed by atoms with Crippen LogP contribution in [0.25, 0.3) is 0 Å². The summed E-state index contributed by atoms with van der Waals surface area (Å²) in [5.74, 6) is -0.312. The first-order valence-electron chi connectivity index (χ1n) is 5.20. The lowest BCUT2D eigenvalue weighted by Gasteiger charge is -2.16. The minimum Gasteiger partial charge on any atom is -0.372 e. The Morgan fingerprint density at radius 1 is 1.33 bits per heavy atom. The van der Waals surface area contributed by atoms with Crippen molar-refractivity contribution in [1.29, 1.82) is 0 Å². The fourth-order valence-electron chi connectivity index (χ4n) is 0.923. The number of nitrogens with zero attached hydrogens (tertiary/aromatic N) is 1. The third-order valence-corrected chi connectivity index (χ3v) is 1.81. The van der Waals surface area contributed by atoms with Crippen molar-refractivity contribution in [2.24, 2.45) is 0 Å². The molecule has 0 bridgehead atoms. The molecule has 88 valence electrons. The fourth-order valence-corrected chi connectivity index (χ4v) is 0.923. The van der Waals surface area contributed by atoms with Gasteiger partial charge in [0.25, 0.3) is 0 Å². The van der Waals surface area contributed by atoms with Gasteiger partial charge in [-0.05, 0) is 13.3 Å². The molecule has 2 amide bonds. The Bertz CT molecular complexity index is 207. The number of hydrogen-bond donors (Lipinski definition) is 1. The second-order valence-corrected chi connectivity index (χ2v) is 3.24. The standard InChI is InChI=1S/C10H20N2O3/c1-4-6-11-9(13)7-12(3)10(14)8-15-5-2/h4-8H2,1-3H3,(H,11,13). The lowest BCUT2D eigenvalue weighted by atomic mass is 10.4. The van der Waals surface area contributed by atoms with Gasteiger partial charge in [0.2, 0.25) is 11.8 Å². The minimum atomic E-state index is -0.177. The van der Waals surface area contributed by atoms with E-state index in [9.17, 15) is 9.59 Å². The largest absolute Gasteiger partial charge is 0.372 e. The molecule has 0 rings (SSSR count). The Balaban J connectivity index is 3.75. The quantitative estimate of drug-likeness (QED) is 0.652. The third kappa shape index (κ3) is 6.90. The number of ether oxygens (including phenoxy) is 1. The summed E-state index contributed by atoms with van der Waals surface area (Å²) < 4.78 is 4.96. The molecule has 0 radical (unpaired) electrons. The maximum atomic E-state index is 11.3. The molecule has 0 unspecified atom stereocenters. The van der Waals surface area contributed by atoms with Gasteiger partial charge < -0.3 is 15.0 Å². The Morgan fingerprint density at radius 3 is 2.53 bits per heavy atom. The maximum Gasteiger partial charge on any atom is 0.248 e. The first kappa shape index (κ1) is 13.9. The molecule has 0 aliphatic heterocycles. The molecule has 0 aliphatic carbocycles. The normalized spacial score (nSPS) is 9.80. The van der Waals surface area contributed by atoms with E-state index in [0.29, 0.717) is 13.2 Å². The first-order chi connectivity index (χ1) is 7.11. The number of rotatable bonds is 7. The highest BCUT2D eigenvalue weighted by molar-refractivity contribution is 5.85. The number of carbonyl (C=O) groups is 2. The first-order valence-corrected chi connectivity index (χ1v) is 5.20. The molecular weight excluding hydrogens is 196 g/mol. The zero-order valence-electron chi connectivity index (χ0n) is 9.71. The van der Waals surface area contributed by atoms with Gasteiger partial charge in [-0.2, -0.15) is 0 Å². The Hall–Kier alpha value is -1.10. The fraction of sp³-hybridized carbons (Fsp3) is 0.800. The van der Waals surface area contributed by atoms with E-state index in [1.807, 2.05) is 13.8 Å². The van der Waals surface area contributed by atoms with E-state index in [1.165, 1.54) is 4.90 Å². The molecule has 0 aromatic heterocycles. The van der Waals surface area contributed by atoms with Crippen molar-refractivity contribution in [3.05, 3.63) is 0 Å². The maximum absolute atomic E-state index is 11.3. The van der Waals surface area contributed by atoms with E-state index in [4.69, 9.17) is 4.74 Å². The number of likely N-dealkylation sites (N-methyl/N-ethyl adjacent to an activating group) is 1. The summed E-state index contributed by atoms with van der Waals surface area (Å²) >= 11 is 0. The summed E-state index contributed by atoms with van der Waals surface area (Å²) in [5, 5.41) is 2.70. The van der Waals surface area contributed by atoms with Crippen LogP contribution in [0.4, 0.5) is 0 Å². The van der Waals surface area contributed by atoms with Gasteiger partial charge in [-0.3, -0.25) is 9.59 Å². The van der Waals surface area contributed by atoms with Crippen LogP contribution in [0.5, 0.6) is 0 Å². The molecule has 1 N–H and O–H groups in total. The molecule has 0 fully saturated rings. The van der Waals surface area contributed by atoms with Crippen molar-refractivity contribution in [2.75, 3.05) is 33.4 Å². The van der Waals surface area contributed by atoms with Crippen molar-refractivity contribution in [3.8, 4) is 0 Å². The van der Waals surface area contributed by atoms with E-state index in [2.05, 4.69) is 5.32 Å². The molecule has 0 aromatic rings. The monoisotopic (exact) mass is 216 g/mol. The van der Waals surface area contributed by atoms with E-state index in [0.717, 1.165) is 6.42 Å². The minimum absolute atomic E-state index is 0.0358. The molecule has 5 nitrogen and oxygen atoms in total. The van der Waals surface area contributed by atoms with Gasteiger partial charge in [0.15, 0.2) is 0 Å². The van der Waals surface area contributed by atoms with Crippen LogP contribution in [0, 0.1) is 0 Å². The molecule has 0 aliphatic rings. The Morgan fingerprint density at radius 2 is 2.00 bits per heavy atom. The van der Waals surface area contributed by atoms with Crippen LogP contribution < -0.4 is 5.32 Å². The van der Waals surface area contributed by atoms with Gasteiger partial charge in [0.05, 0.1) is 6.54 Å². The zero-order valence-corrected chi connectivity index (χ0v) is 9.71. The topological polar surface area (TPSA) is 58.6 Å². The molecule has 15 heavy (non-hydrogen) atoms. The average molecular weight is 216 g/mol. The van der Waals surface area contributed by atoms with Crippen molar-refractivity contribution < 1.29 is 14.3 Å². The van der Waals surface area contributed by atoms with Crippen molar-refractivity contribution >= 4 is 11.8 Å². The van der Waals surface area contributed by atoms with Crippen LogP contribution >= 0.6 is 0 Å². The highest BCUT2D eigenvalue weighted by Crippen LogP contribution is 1.87. The highest BCUT2D eigenvalue weighted by atomic mass is 16.5. The number of amides is 2. The van der Waals surface area contributed by atoms with Crippen molar-refractivity contribution in [2.45, 2.75) is 20.3 Å². The Kier molecular flexibility index (Phi) is 7.62. The van der Waals surface area contributed by atoms with Crippen molar-refractivity contribution in [3.63, 3.8) is 0 Å². The number of carbonyl (C=O) groups excluding carboxylic acids is 2. The molecule has 0 heterocycles. The van der Waals surface area contributed by atoms with Crippen LogP contribution in [0.1, 0.15) is 20.3 Å². The lowest BCUT2D eigenvalue weighted by Crippen LogP contribution is -2.40. The Labute approximate surface area is 90.8 Å². The second kappa shape index (κ2) is 8.23. The van der Waals surface area contributed by atoms with Crippen molar-refractivity contribution in [1.82, 2.24) is 10.2 Å². The van der Waals surface area contributed by atoms with Crippen LogP contribution in [0.3, 0.4) is 0 Å². The van der Waals surface area contributed by atoms with Crippen LogP contribution in [0.2, 0.25) is 0 Å². The smallest absolute Gasteiger partial charge is 0.248 e. The van der Waals surface area contributed by atoms with Gasteiger partial charge in [-0.1, -0.05) is 6.92 Å². The highest BCUT2D eigenvalue weighted by Gasteiger charge is 2.11. The summed E-state index contributed by atoms with van der Waals surface area (Å²) in [6.45, 7) is 5.07. The van der Waals surface area contributed by atoms with Crippen LogP contribution in [-0.4, -0.2) is 50.1 Å².